The van der Waals surface area contributed by atoms with E-state index in [1.165, 1.54) is 18.4 Å². The zero-order valence-electron chi connectivity index (χ0n) is 12.6. The van der Waals surface area contributed by atoms with Gasteiger partial charge in [0, 0.05) is 11.6 Å². The molecule has 2 heterocycles. The smallest absolute Gasteiger partial charge is 0.226 e. The van der Waals surface area contributed by atoms with E-state index >= 15 is 0 Å². The van der Waals surface area contributed by atoms with Gasteiger partial charge in [0.25, 0.3) is 0 Å². The Labute approximate surface area is 136 Å². The summed E-state index contributed by atoms with van der Waals surface area (Å²) in [6, 6.07) is 8.74. The second-order valence-corrected chi connectivity index (χ2v) is 5.72. The number of benzene rings is 1. The van der Waals surface area contributed by atoms with Gasteiger partial charge in [-0.1, -0.05) is 0 Å². The third kappa shape index (κ3) is 2.88. The van der Waals surface area contributed by atoms with Crippen LogP contribution in [0.4, 0.5) is 0 Å². The highest BCUT2D eigenvalue weighted by Crippen LogP contribution is 2.36. The first-order valence-electron chi connectivity index (χ1n) is 6.80. The third-order valence-electron chi connectivity index (χ3n) is 3.32. The van der Waals surface area contributed by atoms with Crippen LogP contribution in [0.2, 0.25) is 0 Å². The number of thiazole rings is 1. The average molecular weight is 330 g/mol. The first-order chi connectivity index (χ1) is 11.2. The maximum atomic E-state index is 11.6. The van der Waals surface area contributed by atoms with Crippen LogP contribution in [0.5, 0.6) is 11.8 Å². The van der Waals surface area contributed by atoms with E-state index in [0.717, 1.165) is 20.8 Å². The Balaban J connectivity index is 2.08. The Kier molecular flexibility index (Phi) is 4.22. The van der Waals surface area contributed by atoms with Crippen LogP contribution in [0.15, 0.2) is 30.3 Å². The Morgan fingerprint density at radius 3 is 2.70 bits per heavy atom. The van der Waals surface area contributed by atoms with Gasteiger partial charge in [-0.05, 0) is 24.3 Å². The first-order valence-corrected chi connectivity index (χ1v) is 7.62. The molecule has 0 aliphatic heterocycles. The fourth-order valence-electron chi connectivity index (χ4n) is 2.16. The van der Waals surface area contributed by atoms with Crippen LogP contribution in [0.3, 0.4) is 0 Å². The van der Waals surface area contributed by atoms with Gasteiger partial charge in [-0.25, -0.2) is 4.98 Å². The van der Waals surface area contributed by atoms with Crippen LogP contribution >= 0.6 is 11.3 Å². The van der Waals surface area contributed by atoms with Crippen LogP contribution in [0.1, 0.15) is 10.4 Å². The van der Waals surface area contributed by atoms with Gasteiger partial charge in [0.05, 0.1) is 30.0 Å². The quantitative estimate of drug-likeness (QED) is 0.724. The number of carbonyl (C=O) groups excluding carboxylic acids is 1. The standard InChI is InChI=1S/C16H14N2O4S/c1-21-14-6-4-10(15(18-14)22-2)16-17-11-5-3-9(12(20)8-19)7-13(11)23-16/h3-7,19H,8H2,1-2H3. The molecule has 7 heteroatoms. The summed E-state index contributed by atoms with van der Waals surface area (Å²) in [5.41, 5.74) is 2.00. The van der Waals surface area contributed by atoms with Crippen LogP contribution in [0.25, 0.3) is 20.8 Å². The average Bonchev–Trinajstić information content (AvgIpc) is 3.03. The summed E-state index contributed by atoms with van der Waals surface area (Å²) in [7, 11) is 3.08. The van der Waals surface area contributed by atoms with E-state index in [1.807, 2.05) is 6.07 Å². The van der Waals surface area contributed by atoms with Gasteiger partial charge in [0.1, 0.15) is 11.6 Å². The van der Waals surface area contributed by atoms with Crippen molar-refractivity contribution in [1.82, 2.24) is 9.97 Å². The second-order valence-electron chi connectivity index (χ2n) is 4.69. The van der Waals surface area contributed by atoms with Gasteiger partial charge in [0.15, 0.2) is 5.78 Å². The van der Waals surface area contributed by atoms with Gasteiger partial charge in [-0.3, -0.25) is 4.79 Å². The van der Waals surface area contributed by atoms with Crippen molar-refractivity contribution in [3.63, 3.8) is 0 Å². The molecule has 0 aliphatic carbocycles. The topological polar surface area (TPSA) is 81.5 Å². The van der Waals surface area contributed by atoms with E-state index in [-0.39, 0.29) is 5.78 Å². The molecule has 23 heavy (non-hydrogen) atoms. The predicted molar refractivity (Wildman–Crippen MR) is 87.4 cm³/mol. The number of rotatable bonds is 5. The minimum Gasteiger partial charge on any atom is -0.481 e. The number of Topliss-reactive ketones (excluding diaryl/α,β-unsaturated/α-hetero) is 1. The number of aliphatic hydroxyl groups excluding tert-OH is 1. The highest BCUT2D eigenvalue weighted by molar-refractivity contribution is 7.21. The van der Waals surface area contributed by atoms with E-state index < -0.39 is 6.61 Å². The summed E-state index contributed by atoms with van der Waals surface area (Å²) in [4.78, 5) is 20.4. The molecule has 0 saturated heterocycles. The zero-order valence-corrected chi connectivity index (χ0v) is 13.4. The fraction of sp³-hybridized carbons (Fsp3) is 0.188. The number of hydrogen-bond donors (Lipinski definition) is 1. The SMILES string of the molecule is COc1ccc(-c2nc3ccc(C(=O)CO)cc3s2)c(OC)n1. The summed E-state index contributed by atoms with van der Waals surface area (Å²) in [5.74, 6) is 0.572. The van der Waals surface area contributed by atoms with E-state index in [0.29, 0.717) is 17.3 Å². The van der Waals surface area contributed by atoms with Crippen molar-refractivity contribution in [3.05, 3.63) is 35.9 Å². The monoisotopic (exact) mass is 330 g/mol. The summed E-state index contributed by atoms with van der Waals surface area (Å²) in [6.45, 7) is -0.507. The first kappa shape index (κ1) is 15.4. The number of hydrogen-bond acceptors (Lipinski definition) is 7. The highest BCUT2D eigenvalue weighted by Gasteiger charge is 2.15. The van der Waals surface area contributed by atoms with Crippen LogP contribution in [-0.4, -0.2) is 41.7 Å². The molecule has 1 aromatic carbocycles. The summed E-state index contributed by atoms with van der Waals surface area (Å²) in [5, 5.41) is 9.70. The molecule has 0 spiro atoms. The Bertz CT molecular complexity index is 876. The molecule has 0 bridgehead atoms. The van der Waals surface area contributed by atoms with Gasteiger partial charge in [-0.2, -0.15) is 4.98 Å². The molecule has 0 aliphatic rings. The summed E-state index contributed by atoms with van der Waals surface area (Å²) < 4.78 is 11.3. The van der Waals surface area contributed by atoms with Crippen LogP contribution in [-0.2, 0) is 0 Å². The summed E-state index contributed by atoms with van der Waals surface area (Å²) in [6.07, 6.45) is 0. The highest BCUT2D eigenvalue weighted by atomic mass is 32.1. The lowest BCUT2D eigenvalue weighted by Crippen LogP contribution is -2.03. The van der Waals surface area contributed by atoms with Crippen molar-refractivity contribution in [2.45, 2.75) is 0 Å². The molecule has 3 rings (SSSR count). The third-order valence-corrected chi connectivity index (χ3v) is 4.37. The number of fused-ring (bicyclic) bond motifs is 1. The van der Waals surface area contributed by atoms with Gasteiger partial charge >= 0.3 is 0 Å². The number of aromatic nitrogens is 2. The van der Waals surface area contributed by atoms with Crippen molar-refractivity contribution in [3.8, 4) is 22.3 Å². The minimum absolute atomic E-state index is 0.314. The predicted octanol–water partition coefficient (Wildman–Crippen LogP) is 2.55. The lowest BCUT2D eigenvalue weighted by Gasteiger charge is -2.06. The molecular weight excluding hydrogens is 316 g/mol. The van der Waals surface area contributed by atoms with Gasteiger partial charge < -0.3 is 14.6 Å². The lowest BCUT2D eigenvalue weighted by atomic mass is 10.1. The number of ketones is 1. The zero-order chi connectivity index (χ0) is 16.4. The van der Waals surface area contributed by atoms with Crippen molar-refractivity contribution in [2.75, 3.05) is 20.8 Å². The molecule has 0 amide bonds. The maximum Gasteiger partial charge on any atom is 0.226 e. The van der Waals surface area contributed by atoms with Crippen molar-refractivity contribution < 1.29 is 19.4 Å². The van der Waals surface area contributed by atoms with E-state index in [9.17, 15) is 4.79 Å². The molecule has 0 fully saturated rings. The molecule has 2 aromatic heterocycles. The van der Waals surface area contributed by atoms with Crippen molar-refractivity contribution in [1.29, 1.82) is 0 Å². The van der Waals surface area contributed by atoms with Crippen LogP contribution < -0.4 is 9.47 Å². The molecule has 0 radical (unpaired) electrons. The fourth-order valence-corrected chi connectivity index (χ4v) is 3.18. The van der Waals surface area contributed by atoms with E-state index in [2.05, 4.69) is 9.97 Å². The second kappa shape index (κ2) is 6.31. The van der Waals surface area contributed by atoms with E-state index in [4.69, 9.17) is 14.6 Å². The molecule has 118 valence electrons. The van der Waals surface area contributed by atoms with Crippen molar-refractivity contribution >= 4 is 27.3 Å². The molecule has 3 aromatic rings. The number of ether oxygens (including phenoxy) is 2. The Hall–Kier alpha value is -2.51. The Morgan fingerprint density at radius 2 is 2.00 bits per heavy atom. The normalized spacial score (nSPS) is 10.7. The molecule has 0 unspecified atom stereocenters. The minimum atomic E-state index is -0.507. The largest absolute Gasteiger partial charge is 0.481 e. The number of pyridine rings is 1. The number of methoxy groups -OCH3 is 2. The van der Waals surface area contributed by atoms with Gasteiger partial charge in [0.2, 0.25) is 11.8 Å². The van der Waals surface area contributed by atoms with E-state index in [1.54, 1.807) is 31.4 Å². The van der Waals surface area contributed by atoms with Crippen LogP contribution in [0, 0.1) is 0 Å². The molecule has 0 saturated carbocycles. The number of nitrogens with zero attached hydrogens (tertiary/aromatic N) is 2. The Morgan fingerprint density at radius 1 is 1.17 bits per heavy atom. The molecular formula is C16H14N2O4S. The summed E-state index contributed by atoms with van der Waals surface area (Å²) >= 11 is 1.43. The number of aliphatic hydroxyl groups is 1. The number of carbonyl (C=O) groups is 1. The lowest BCUT2D eigenvalue weighted by molar-refractivity contribution is 0.0904. The molecule has 1 N–H and O–H groups in total. The molecule has 6 nitrogen and oxygen atoms in total. The van der Waals surface area contributed by atoms with Gasteiger partial charge in [-0.15, -0.1) is 11.3 Å². The van der Waals surface area contributed by atoms with Crippen molar-refractivity contribution in [2.24, 2.45) is 0 Å². The maximum absolute atomic E-state index is 11.6. The molecule has 0 atom stereocenters.